The average molecular weight is 244 g/mol. The normalized spacial score (nSPS) is 19.5. The molecule has 18 heavy (non-hydrogen) atoms. The van der Waals surface area contributed by atoms with E-state index in [9.17, 15) is 0 Å². The van der Waals surface area contributed by atoms with Gasteiger partial charge in [-0.15, -0.1) is 0 Å². The van der Waals surface area contributed by atoms with Crippen molar-refractivity contribution < 1.29 is 9.47 Å². The van der Waals surface area contributed by atoms with E-state index in [1.807, 2.05) is 30.3 Å². The molecule has 0 N–H and O–H groups in total. The van der Waals surface area contributed by atoms with Gasteiger partial charge in [0.2, 0.25) is 0 Å². The zero-order chi connectivity index (χ0) is 12.8. The van der Waals surface area contributed by atoms with Crippen LogP contribution in [0.5, 0.6) is 5.75 Å². The van der Waals surface area contributed by atoms with Gasteiger partial charge in [0.15, 0.2) is 0 Å². The maximum absolute atomic E-state index is 5.82. The smallest absolute Gasteiger partial charge is 0.119 e. The highest BCUT2D eigenvalue weighted by molar-refractivity contribution is 5.25. The maximum Gasteiger partial charge on any atom is 0.119 e. The van der Waals surface area contributed by atoms with Crippen molar-refractivity contribution in [2.45, 2.75) is 25.9 Å². The van der Waals surface area contributed by atoms with Crippen molar-refractivity contribution in [1.29, 1.82) is 0 Å². The molecule has 0 saturated carbocycles. The number of rotatable bonds is 5. The van der Waals surface area contributed by atoms with E-state index in [1.165, 1.54) is 5.57 Å². The first-order chi connectivity index (χ1) is 8.74. The molecule has 0 heterocycles. The number of hydrogen-bond donors (Lipinski definition) is 0. The first-order valence-corrected chi connectivity index (χ1v) is 6.38. The first-order valence-electron chi connectivity index (χ1n) is 6.38. The van der Waals surface area contributed by atoms with Crippen molar-refractivity contribution in [3.8, 4) is 5.75 Å². The van der Waals surface area contributed by atoms with Crippen LogP contribution in [0.25, 0.3) is 0 Å². The molecule has 0 radical (unpaired) electrons. The molecule has 0 spiro atoms. The Balaban J connectivity index is 1.67. The predicted octanol–water partition coefficient (Wildman–Crippen LogP) is 3.75. The van der Waals surface area contributed by atoms with Crippen LogP contribution in [0.15, 0.2) is 54.1 Å². The van der Waals surface area contributed by atoms with Crippen molar-refractivity contribution in [3.63, 3.8) is 0 Å². The Kier molecular flexibility index (Phi) is 4.59. The Morgan fingerprint density at radius 3 is 2.67 bits per heavy atom. The molecule has 0 bridgehead atoms. The fourth-order valence-electron chi connectivity index (χ4n) is 2.20. The van der Waals surface area contributed by atoms with Crippen LogP contribution in [0.1, 0.15) is 19.8 Å². The van der Waals surface area contributed by atoms with Crippen LogP contribution in [0.4, 0.5) is 0 Å². The van der Waals surface area contributed by atoms with E-state index in [1.54, 1.807) is 0 Å². The number of allylic oxidation sites excluding steroid dienone is 1. The molecule has 96 valence electrons. The number of para-hydroxylation sites is 1. The van der Waals surface area contributed by atoms with E-state index < -0.39 is 0 Å². The fourth-order valence-corrected chi connectivity index (χ4v) is 2.20. The van der Waals surface area contributed by atoms with Gasteiger partial charge in [-0.1, -0.05) is 42.0 Å². The summed E-state index contributed by atoms with van der Waals surface area (Å²) in [6.45, 7) is 7.35. The summed E-state index contributed by atoms with van der Waals surface area (Å²) in [6, 6.07) is 9.82. The van der Waals surface area contributed by atoms with Crippen LogP contribution in [-0.2, 0) is 4.74 Å². The largest absolute Gasteiger partial charge is 0.491 e. The quantitative estimate of drug-likeness (QED) is 0.734. The standard InChI is InChI=1S/C16H20O2/c1-13-10-14(2)12-16(11-13)18-9-8-17-15-6-4-3-5-7-15/h3-7,10,16H,1,8-9,11-12H2,2H3. The van der Waals surface area contributed by atoms with Crippen molar-refractivity contribution in [2.24, 2.45) is 0 Å². The van der Waals surface area contributed by atoms with Gasteiger partial charge < -0.3 is 9.47 Å². The number of benzene rings is 1. The summed E-state index contributed by atoms with van der Waals surface area (Å²) in [7, 11) is 0. The molecule has 0 aliphatic heterocycles. The summed E-state index contributed by atoms with van der Waals surface area (Å²) in [5.41, 5.74) is 2.51. The van der Waals surface area contributed by atoms with E-state index in [0.717, 1.165) is 24.2 Å². The maximum atomic E-state index is 5.82. The van der Waals surface area contributed by atoms with Crippen LogP contribution >= 0.6 is 0 Å². The topological polar surface area (TPSA) is 18.5 Å². The van der Waals surface area contributed by atoms with Crippen LogP contribution in [-0.4, -0.2) is 19.3 Å². The summed E-state index contributed by atoms with van der Waals surface area (Å²) in [6.07, 6.45) is 4.36. The van der Waals surface area contributed by atoms with E-state index in [0.29, 0.717) is 13.2 Å². The second kappa shape index (κ2) is 6.41. The Bertz CT molecular complexity index is 420. The molecule has 1 atom stereocenters. The van der Waals surface area contributed by atoms with Crippen LogP contribution in [0, 0.1) is 0 Å². The monoisotopic (exact) mass is 244 g/mol. The zero-order valence-corrected chi connectivity index (χ0v) is 10.9. The molecular weight excluding hydrogens is 224 g/mol. The lowest BCUT2D eigenvalue weighted by Crippen LogP contribution is -2.20. The minimum Gasteiger partial charge on any atom is -0.491 e. The highest BCUT2D eigenvalue weighted by atomic mass is 16.5. The molecule has 2 nitrogen and oxygen atoms in total. The van der Waals surface area contributed by atoms with E-state index in [4.69, 9.17) is 9.47 Å². The summed E-state index contributed by atoms with van der Waals surface area (Å²) in [5, 5.41) is 0. The van der Waals surface area contributed by atoms with Gasteiger partial charge in [-0.3, -0.25) is 0 Å². The van der Waals surface area contributed by atoms with Crippen molar-refractivity contribution in [3.05, 3.63) is 54.1 Å². The molecule has 0 saturated heterocycles. The highest BCUT2D eigenvalue weighted by Gasteiger charge is 2.15. The molecule has 1 aromatic carbocycles. The highest BCUT2D eigenvalue weighted by Crippen LogP contribution is 2.23. The van der Waals surface area contributed by atoms with Gasteiger partial charge in [0.25, 0.3) is 0 Å². The Hall–Kier alpha value is -1.54. The SMILES string of the molecule is C=C1C=C(C)CC(OCCOc2ccccc2)C1. The minimum atomic E-state index is 0.266. The lowest BCUT2D eigenvalue weighted by Gasteiger charge is -2.23. The molecule has 1 aliphatic rings. The number of ether oxygens (including phenoxy) is 2. The van der Waals surface area contributed by atoms with Crippen molar-refractivity contribution in [1.82, 2.24) is 0 Å². The molecule has 0 aromatic heterocycles. The molecule has 1 aliphatic carbocycles. The Morgan fingerprint density at radius 1 is 1.17 bits per heavy atom. The zero-order valence-electron chi connectivity index (χ0n) is 10.9. The second-order valence-corrected chi connectivity index (χ2v) is 4.71. The lowest BCUT2D eigenvalue weighted by atomic mass is 9.95. The Morgan fingerprint density at radius 2 is 1.94 bits per heavy atom. The summed E-state index contributed by atoms with van der Waals surface area (Å²) in [5.74, 6) is 0.894. The van der Waals surface area contributed by atoms with E-state index >= 15 is 0 Å². The van der Waals surface area contributed by atoms with E-state index in [-0.39, 0.29) is 6.10 Å². The first kappa shape index (κ1) is 12.9. The van der Waals surface area contributed by atoms with Gasteiger partial charge in [0, 0.05) is 0 Å². The van der Waals surface area contributed by atoms with Gasteiger partial charge in [0.1, 0.15) is 12.4 Å². The van der Waals surface area contributed by atoms with Gasteiger partial charge in [-0.2, -0.15) is 0 Å². The van der Waals surface area contributed by atoms with Gasteiger partial charge in [0.05, 0.1) is 12.7 Å². The molecular formula is C16H20O2. The third kappa shape index (κ3) is 4.04. The third-order valence-corrected chi connectivity index (χ3v) is 2.94. The molecule has 2 heteroatoms. The average Bonchev–Trinajstić information content (AvgIpc) is 2.35. The molecule has 1 aromatic rings. The minimum absolute atomic E-state index is 0.266. The molecule has 1 unspecified atom stereocenters. The fraction of sp³-hybridized carbons (Fsp3) is 0.375. The Labute approximate surface area is 109 Å². The van der Waals surface area contributed by atoms with Crippen LogP contribution in [0.2, 0.25) is 0 Å². The van der Waals surface area contributed by atoms with E-state index in [2.05, 4.69) is 19.6 Å². The van der Waals surface area contributed by atoms with Crippen LogP contribution in [0.3, 0.4) is 0 Å². The lowest BCUT2D eigenvalue weighted by molar-refractivity contribution is 0.0332. The van der Waals surface area contributed by atoms with Gasteiger partial charge >= 0.3 is 0 Å². The summed E-state index contributed by atoms with van der Waals surface area (Å²) >= 11 is 0. The third-order valence-electron chi connectivity index (χ3n) is 2.94. The van der Waals surface area contributed by atoms with Crippen molar-refractivity contribution in [2.75, 3.05) is 13.2 Å². The summed E-state index contributed by atoms with van der Waals surface area (Å²) < 4.78 is 11.4. The molecule has 0 amide bonds. The van der Waals surface area contributed by atoms with Crippen molar-refractivity contribution >= 4 is 0 Å². The second-order valence-electron chi connectivity index (χ2n) is 4.71. The van der Waals surface area contributed by atoms with Gasteiger partial charge in [-0.05, 0) is 31.9 Å². The van der Waals surface area contributed by atoms with Crippen LogP contribution < -0.4 is 4.74 Å². The molecule has 2 rings (SSSR count). The molecule has 0 fully saturated rings. The number of hydrogen-bond acceptors (Lipinski definition) is 2. The summed E-state index contributed by atoms with van der Waals surface area (Å²) in [4.78, 5) is 0. The van der Waals surface area contributed by atoms with Gasteiger partial charge in [-0.25, -0.2) is 0 Å². The predicted molar refractivity (Wildman–Crippen MR) is 73.8 cm³/mol.